The largest absolute Gasteiger partial charge is 0.389 e. The van der Waals surface area contributed by atoms with Crippen LogP contribution in [0, 0.1) is 0 Å². The SMILES string of the molecule is CN(CC(=O)N(C)C1CC1)CC1(O)CCCC1. The summed E-state index contributed by atoms with van der Waals surface area (Å²) in [4.78, 5) is 15.7. The van der Waals surface area contributed by atoms with Gasteiger partial charge in [0.1, 0.15) is 0 Å². The third-order valence-corrected chi connectivity index (χ3v) is 3.99. The molecule has 0 atom stereocenters. The van der Waals surface area contributed by atoms with Crippen LogP contribution in [-0.4, -0.2) is 59.6 Å². The van der Waals surface area contributed by atoms with Crippen LogP contribution < -0.4 is 0 Å². The molecule has 2 saturated carbocycles. The molecule has 0 aromatic carbocycles. The van der Waals surface area contributed by atoms with Gasteiger partial charge in [-0.25, -0.2) is 0 Å². The summed E-state index contributed by atoms with van der Waals surface area (Å²) in [6.45, 7) is 1.05. The van der Waals surface area contributed by atoms with E-state index in [9.17, 15) is 9.90 Å². The second-order valence-corrected chi connectivity index (χ2v) is 5.84. The van der Waals surface area contributed by atoms with Crippen LogP contribution in [0.4, 0.5) is 0 Å². The Morgan fingerprint density at radius 3 is 2.41 bits per heavy atom. The molecule has 17 heavy (non-hydrogen) atoms. The molecule has 0 bridgehead atoms. The van der Waals surface area contributed by atoms with Crippen molar-refractivity contribution in [3.05, 3.63) is 0 Å². The first-order valence-electron chi connectivity index (χ1n) is 6.67. The van der Waals surface area contributed by atoms with E-state index in [-0.39, 0.29) is 5.91 Å². The minimum atomic E-state index is -0.548. The highest BCUT2D eigenvalue weighted by Crippen LogP contribution is 2.30. The molecule has 1 amide bonds. The van der Waals surface area contributed by atoms with Crippen LogP contribution in [-0.2, 0) is 4.79 Å². The van der Waals surface area contributed by atoms with E-state index in [4.69, 9.17) is 0 Å². The molecule has 2 aliphatic carbocycles. The van der Waals surface area contributed by atoms with Crippen LogP contribution in [0.2, 0.25) is 0 Å². The molecule has 2 rings (SSSR count). The third kappa shape index (κ3) is 3.42. The average molecular weight is 240 g/mol. The number of hydrogen-bond donors (Lipinski definition) is 1. The molecule has 0 spiro atoms. The third-order valence-electron chi connectivity index (χ3n) is 3.99. The Hall–Kier alpha value is -0.610. The van der Waals surface area contributed by atoms with Gasteiger partial charge >= 0.3 is 0 Å². The van der Waals surface area contributed by atoms with Gasteiger partial charge in [0.2, 0.25) is 5.91 Å². The van der Waals surface area contributed by atoms with Gasteiger partial charge in [-0.3, -0.25) is 9.69 Å². The lowest BCUT2D eigenvalue weighted by Gasteiger charge is -2.29. The quantitative estimate of drug-likeness (QED) is 0.774. The van der Waals surface area contributed by atoms with E-state index >= 15 is 0 Å². The summed E-state index contributed by atoms with van der Waals surface area (Å²) < 4.78 is 0. The maximum Gasteiger partial charge on any atom is 0.236 e. The predicted octanol–water partition coefficient (Wildman–Crippen LogP) is 0.844. The molecule has 0 saturated heterocycles. The number of aliphatic hydroxyl groups is 1. The summed E-state index contributed by atoms with van der Waals surface area (Å²) in [6, 6.07) is 0.477. The van der Waals surface area contributed by atoms with Crippen molar-refractivity contribution in [2.75, 3.05) is 27.2 Å². The zero-order chi connectivity index (χ0) is 12.5. The summed E-state index contributed by atoms with van der Waals surface area (Å²) >= 11 is 0. The van der Waals surface area contributed by atoms with E-state index in [0.29, 0.717) is 19.1 Å². The number of likely N-dealkylation sites (N-methyl/N-ethyl adjacent to an activating group) is 2. The fraction of sp³-hybridized carbons (Fsp3) is 0.923. The minimum absolute atomic E-state index is 0.177. The number of hydrogen-bond acceptors (Lipinski definition) is 3. The van der Waals surface area contributed by atoms with Crippen LogP contribution in [0.1, 0.15) is 38.5 Å². The van der Waals surface area contributed by atoms with Gasteiger partial charge in [-0.15, -0.1) is 0 Å². The highest BCUT2D eigenvalue weighted by atomic mass is 16.3. The number of carbonyl (C=O) groups is 1. The molecule has 0 unspecified atom stereocenters. The molecule has 2 aliphatic rings. The Morgan fingerprint density at radius 2 is 1.88 bits per heavy atom. The molecule has 0 heterocycles. The van der Waals surface area contributed by atoms with E-state index < -0.39 is 5.60 Å². The Morgan fingerprint density at radius 1 is 1.29 bits per heavy atom. The van der Waals surface area contributed by atoms with E-state index in [2.05, 4.69) is 0 Å². The van der Waals surface area contributed by atoms with E-state index in [1.807, 2.05) is 23.9 Å². The molecule has 0 aromatic rings. The highest BCUT2D eigenvalue weighted by Gasteiger charge is 2.34. The molecular weight excluding hydrogens is 216 g/mol. The Labute approximate surface area is 104 Å². The molecule has 0 radical (unpaired) electrons. The summed E-state index contributed by atoms with van der Waals surface area (Å²) in [7, 11) is 3.81. The second-order valence-electron chi connectivity index (χ2n) is 5.84. The lowest BCUT2D eigenvalue weighted by atomic mass is 10.0. The molecule has 0 aliphatic heterocycles. The zero-order valence-electron chi connectivity index (χ0n) is 11.0. The van der Waals surface area contributed by atoms with Gasteiger partial charge in [0.25, 0.3) is 0 Å². The molecule has 4 nitrogen and oxygen atoms in total. The molecule has 0 aromatic heterocycles. The van der Waals surface area contributed by atoms with Crippen molar-refractivity contribution in [1.29, 1.82) is 0 Å². The van der Waals surface area contributed by atoms with Crippen molar-refractivity contribution < 1.29 is 9.90 Å². The minimum Gasteiger partial charge on any atom is -0.389 e. The predicted molar refractivity (Wildman–Crippen MR) is 66.7 cm³/mol. The monoisotopic (exact) mass is 240 g/mol. The molecule has 4 heteroatoms. The lowest BCUT2D eigenvalue weighted by molar-refractivity contribution is -0.131. The van der Waals surface area contributed by atoms with Crippen LogP contribution in [0.15, 0.2) is 0 Å². The Bertz CT molecular complexity index is 283. The summed E-state index contributed by atoms with van der Waals surface area (Å²) in [5, 5.41) is 10.3. The standard InChI is InChI=1S/C13H24N2O2/c1-14(10-13(17)7-3-4-8-13)9-12(16)15(2)11-5-6-11/h11,17H,3-10H2,1-2H3. The summed E-state index contributed by atoms with van der Waals surface area (Å²) in [6.07, 6.45) is 6.28. The molecule has 2 fully saturated rings. The summed E-state index contributed by atoms with van der Waals surface area (Å²) in [5.41, 5.74) is -0.548. The number of nitrogens with zero attached hydrogens (tertiary/aromatic N) is 2. The van der Waals surface area contributed by atoms with Crippen molar-refractivity contribution in [1.82, 2.24) is 9.80 Å². The van der Waals surface area contributed by atoms with Gasteiger partial charge < -0.3 is 10.0 Å². The molecular formula is C13H24N2O2. The number of rotatable bonds is 5. The summed E-state index contributed by atoms with van der Waals surface area (Å²) in [5.74, 6) is 0.177. The number of amides is 1. The Kier molecular flexibility index (Phi) is 3.73. The fourth-order valence-corrected chi connectivity index (χ4v) is 2.76. The topological polar surface area (TPSA) is 43.8 Å². The zero-order valence-corrected chi connectivity index (χ0v) is 11.0. The average Bonchev–Trinajstić information content (AvgIpc) is 3.01. The van der Waals surface area contributed by atoms with Crippen molar-refractivity contribution in [2.45, 2.75) is 50.2 Å². The van der Waals surface area contributed by atoms with Crippen molar-refractivity contribution >= 4 is 5.91 Å². The van der Waals surface area contributed by atoms with Gasteiger partial charge in [0.05, 0.1) is 12.1 Å². The van der Waals surface area contributed by atoms with Gasteiger partial charge in [-0.05, 0) is 32.7 Å². The first-order valence-corrected chi connectivity index (χ1v) is 6.67. The maximum absolute atomic E-state index is 11.9. The molecule has 98 valence electrons. The van der Waals surface area contributed by atoms with E-state index in [1.165, 1.54) is 0 Å². The lowest BCUT2D eigenvalue weighted by Crippen LogP contribution is -2.44. The van der Waals surface area contributed by atoms with E-state index in [1.54, 1.807) is 0 Å². The van der Waals surface area contributed by atoms with Gasteiger partial charge in [-0.1, -0.05) is 12.8 Å². The fourth-order valence-electron chi connectivity index (χ4n) is 2.76. The van der Waals surface area contributed by atoms with Gasteiger partial charge in [0.15, 0.2) is 0 Å². The van der Waals surface area contributed by atoms with Gasteiger partial charge in [-0.2, -0.15) is 0 Å². The van der Waals surface area contributed by atoms with Crippen LogP contribution in [0.5, 0.6) is 0 Å². The van der Waals surface area contributed by atoms with Gasteiger partial charge in [0, 0.05) is 19.6 Å². The number of carbonyl (C=O) groups excluding carboxylic acids is 1. The van der Waals surface area contributed by atoms with Crippen LogP contribution >= 0.6 is 0 Å². The molecule has 1 N–H and O–H groups in total. The smallest absolute Gasteiger partial charge is 0.236 e. The normalized spacial score (nSPS) is 23.1. The highest BCUT2D eigenvalue weighted by molar-refractivity contribution is 5.78. The van der Waals surface area contributed by atoms with Crippen molar-refractivity contribution in [3.8, 4) is 0 Å². The Balaban J connectivity index is 1.76. The van der Waals surface area contributed by atoms with E-state index in [0.717, 1.165) is 38.5 Å². The van der Waals surface area contributed by atoms with Crippen LogP contribution in [0.25, 0.3) is 0 Å². The first-order chi connectivity index (χ1) is 8.00. The second kappa shape index (κ2) is 4.94. The maximum atomic E-state index is 11.9. The van der Waals surface area contributed by atoms with Crippen LogP contribution in [0.3, 0.4) is 0 Å². The van der Waals surface area contributed by atoms with Crippen molar-refractivity contribution in [3.63, 3.8) is 0 Å². The first kappa shape index (κ1) is 12.8. The van der Waals surface area contributed by atoms with Crippen molar-refractivity contribution in [2.24, 2.45) is 0 Å².